The maximum Gasteiger partial charge on any atom is 0.345 e. The Bertz CT molecular complexity index is 1300. The minimum atomic E-state index is -0.580. The molecule has 7 rings (SSSR count). The number of aliphatic hydroxyl groups excluding tert-OH is 2. The number of allylic oxidation sites excluding steroid dienone is 1. The fraction of sp³-hybridized carbons (Fsp3) is 0.639. The normalized spacial score (nSPS) is 37.2. The maximum absolute atomic E-state index is 12.6. The van der Waals surface area contributed by atoms with Crippen LogP contribution in [0.1, 0.15) is 82.6 Å². The van der Waals surface area contributed by atoms with Gasteiger partial charge in [0.15, 0.2) is 11.5 Å². The highest BCUT2D eigenvalue weighted by Gasteiger charge is 2.56. The topological polar surface area (TPSA) is 88.5 Å². The van der Waals surface area contributed by atoms with E-state index in [1.807, 2.05) is 0 Å². The molecule has 232 valence electrons. The van der Waals surface area contributed by atoms with Crippen molar-refractivity contribution in [3.8, 4) is 0 Å². The molecule has 2 N–H and O–H groups in total. The second-order valence-electron chi connectivity index (χ2n) is 13.8. The lowest BCUT2D eigenvalue weighted by atomic mass is 9.68. The average molecular weight is 590 g/mol. The predicted octanol–water partition coefficient (Wildman–Crippen LogP) is 5.80. The number of methoxy groups -OCH3 is 1. The van der Waals surface area contributed by atoms with Crippen molar-refractivity contribution in [2.45, 2.75) is 95.2 Å². The van der Waals surface area contributed by atoms with E-state index in [0.717, 1.165) is 38.0 Å². The van der Waals surface area contributed by atoms with E-state index in [0.29, 0.717) is 35.2 Å². The monoisotopic (exact) mass is 589 g/mol. The van der Waals surface area contributed by atoms with Crippen LogP contribution in [0.25, 0.3) is 0 Å². The Morgan fingerprint density at radius 3 is 2.58 bits per heavy atom. The second-order valence-corrected chi connectivity index (χ2v) is 13.8. The van der Waals surface area contributed by atoms with E-state index in [1.54, 1.807) is 0 Å². The van der Waals surface area contributed by atoms with E-state index in [-0.39, 0.29) is 41.4 Å². The van der Waals surface area contributed by atoms with E-state index < -0.39 is 12.6 Å². The number of hydrogen-bond donors (Lipinski definition) is 2. The van der Waals surface area contributed by atoms with Gasteiger partial charge in [-0.3, -0.25) is 4.90 Å². The Morgan fingerprint density at radius 1 is 1.05 bits per heavy atom. The Labute approximate surface area is 255 Å². The summed E-state index contributed by atoms with van der Waals surface area (Å²) < 4.78 is 17.8. The lowest BCUT2D eigenvalue weighted by Gasteiger charge is -2.52. The molecule has 7 nitrogen and oxygen atoms in total. The Balaban J connectivity index is 1.25. The van der Waals surface area contributed by atoms with Gasteiger partial charge in [-0.1, -0.05) is 69.4 Å². The smallest absolute Gasteiger partial charge is 0.345 e. The zero-order chi connectivity index (χ0) is 29.7. The summed E-state index contributed by atoms with van der Waals surface area (Å²) in [5, 5.41) is 22.0. The van der Waals surface area contributed by atoms with Gasteiger partial charge in [-0.25, -0.2) is 4.79 Å². The number of piperidine rings is 1. The molecule has 1 aromatic rings. The summed E-state index contributed by atoms with van der Waals surface area (Å²) in [6, 6.07) is 11.4. The fourth-order valence-corrected chi connectivity index (χ4v) is 9.89. The minimum absolute atomic E-state index is 0.0490. The van der Waals surface area contributed by atoms with Crippen molar-refractivity contribution in [1.29, 1.82) is 0 Å². The summed E-state index contributed by atoms with van der Waals surface area (Å²) >= 11 is 0. The van der Waals surface area contributed by atoms with Crippen LogP contribution in [-0.2, 0) is 19.0 Å². The third-order valence-electron chi connectivity index (χ3n) is 11.7. The number of fused-ring (bicyclic) bond motifs is 4. The molecule has 43 heavy (non-hydrogen) atoms. The first-order valence-electron chi connectivity index (χ1n) is 16.7. The van der Waals surface area contributed by atoms with Gasteiger partial charge in [-0.15, -0.1) is 0 Å². The SMILES string of the molecule is COC1=C(CO)C(=O)OC1=C1OC2=CCCN3[C@H]([C@@H](O)CC4CCCCC4)[C@H]4CC[C@@H](c5ccccc5)[C@@H]4C[C@H]3[C@H]2[C@@H]1C. The summed E-state index contributed by atoms with van der Waals surface area (Å²) in [6.45, 7) is 2.64. The number of aliphatic hydroxyl groups is 2. The molecule has 8 atom stereocenters. The first-order valence-corrected chi connectivity index (χ1v) is 16.7. The van der Waals surface area contributed by atoms with E-state index in [1.165, 1.54) is 51.2 Å². The second kappa shape index (κ2) is 12.1. The van der Waals surface area contributed by atoms with Crippen LogP contribution in [0.15, 0.2) is 65.0 Å². The highest BCUT2D eigenvalue weighted by atomic mass is 16.6. The molecule has 0 aromatic heterocycles. The Morgan fingerprint density at radius 2 is 1.84 bits per heavy atom. The molecule has 6 aliphatic rings. The van der Waals surface area contributed by atoms with Gasteiger partial charge in [0.05, 0.1) is 19.8 Å². The number of cyclic esters (lactones) is 1. The maximum atomic E-state index is 12.6. The molecule has 0 radical (unpaired) electrons. The number of carbonyl (C=O) groups excluding carboxylic acids is 1. The number of nitrogens with zero attached hydrogens (tertiary/aromatic N) is 1. The van der Waals surface area contributed by atoms with Crippen molar-refractivity contribution in [3.05, 3.63) is 70.6 Å². The molecule has 0 spiro atoms. The average Bonchev–Trinajstić information content (AvgIpc) is 3.65. The molecule has 1 aromatic carbocycles. The molecule has 2 saturated heterocycles. The standard InChI is InChI=1S/C36H47NO6/c1-21-31-28-19-26-24(23-12-7-4-8-13-23)15-16-25(26)32(29(39)18-22-10-5-3-6-11-22)37(28)17-9-14-30(31)42-33(21)35-34(41-2)27(20-38)36(40)43-35/h4,7-8,12-14,21-22,24-26,28-29,31-32,38-39H,3,5-6,9-11,15-20H2,1-2H3/t21-,24-,25-,26-,28-,29-,31+,32-/m0/s1. The van der Waals surface area contributed by atoms with E-state index >= 15 is 0 Å². The summed E-state index contributed by atoms with van der Waals surface area (Å²) in [5.41, 5.74) is 1.56. The quantitative estimate of drug-likeness (QED) is 0.406. The first kappa shape index (κ1) is 29.1. The van der Waals surface area contributed by atoms with Gasteiger partial charge < -0.3 is 24.4 Å². The number of benzene rings is 1. The molecule has 2 aliphatic carbocycles. The number of hydrogen-bond acceptors (Lipinski definition) is 7. The number of ether oxygens (including phenoxy) is 3. The number of esters is 1. The summed E-state index contributed by atoms with van der Waals surface area (Å²) in [5.74, 6) is 3.67. The third kappa shape index (κ3) is 5.05. The minimum Gasteiger partial charge on any atom is -0.492 e. The fourth-order valence-electron chi connectivity index (χ4n) is 9.89. The highest BCUT2D eigenvalue weighted by molar-refractivity contribution is 5.94. The Kier molecular flexibility index (Phi) is 8.17. The van der Waals surface area contributed by atoms with Gasteiger partial charge in [0.25, 0.3) is 0 Å². The molecule has 4 heterocycles. The number of carbonyl (C=O) groups is 1. The van der Waals surface area contributed by atoms with Crippen LogP contribution < -0.4 is 0 Å². The van der Waals surface area contributed by atoms with Crippen molar-refractivity contribution in [1.82, 2.24) is 4.90 Å². The van der Waals surface area contributed by atoms with Gasteiger partial charge in [0, 0.05) is 30.5 Å². The van der Waals surface area contributed by atoms with E-state index in [9.17, 15) is 15.0 Å². The van der Waals surface area contributed by atoms with Gasteiger partial charge in [-0.05, 0) is 67.4 Å². The predicted molar refractivity (Wildman–Crippen MR) is 162 cm³/mol. The van der Waals surface area contributed by atoms with Gasteiger partial charge in [0.1, 0.15) is 11.3 Å². The van der Waals surface area contributed by atoms with Crippen molar-refractivity contribution < 1.29 is 29.2 Å². The summed E-state index contributed by atoms with van der Waals surface area (Å²) in [6.07, 6.45) is 13.4. The van der Waals surface area contributed by atoms with E-state index in [2.05, 4.69) is 48.2 Å². The van der Waals surface area contributed by atoms with Crippen LogP contribution in [-0.4, -0.2) is 59.5 Å². The van der Waals surface area contributed by atoms with E-state index in [4.69, 9.17) is 14.2 Å². The molecule has 0 amide bonds. The van der Waals surface area contributed by atoms with Crippen molar-refractivity contribution in [2.24, 2.45) is 29.6 Å². The van der Waals surface area contributed by atoms with Gasteiger partial charge in [-0.2, -0.15) is 0 Å². The molecule has 2 saturated carbocycles. The van der Waals surface area contributed by atoms with Crippen LogP contribution >= 0.6 is 0 Å². The zero-order valence-electron chi connectivity index (χ0n) is 25.6. The summed E-state index contributed by atoms with van der Waals surface area (Å²) in [7, 11) is 1.50. The Hall–Kier alpha value is -2.61. The van der Waals surface area contributed by atoms with Crippen LogP contribution in [0.2, 0.25) is 0 Å². The lowest BCUT2D eigenvalue weighted by molar-refractivity contribution is -0.133. The van der Waals surface area contributed by atoms with Crippen LogP contribution in [0.3, 0.4) is 0 Å². The molecule has 4 fully saturated rings. The first-order chi connectivity index (χ1) is 21.0. The van der Waals surface area contributed by atoms with Gasteiger partial charge >= 0.3 is 5.97 Å². The zero-order valence-corrected chi connectivity index (χ0v) is 25.6. The molecule has 7 heteroatoms. The van der Waals surface area contributed by atoms with Crippen LogP contribution in [0.5, 0.6) is 0 Å². The van der Waals surface area contributed by atoms with Crippen LogP contribution in [0.4, 0.5) is 0 Å². The van der Waals surface area contributed by atoms with Crippen molar-refractivity contribution in [2.75, 3.05) is 20.3 Å². The molecule has 0 unspecified atom stereocenters. The van der Waals surface area contributed by atoms with Crippen molar-refractivity contribution >= 4 is 5.97 Å². The largest absolute Gasteiger partial charge is 0.492 e. The molecule has 0 bridgehead atoms. The highest BCUT2D eigenvalue weighted by Crippen LogP contribution is 2.57. The summed E-state index contributed by atoms with van der Waals surface area (Å²) in [4.78, 5) is 15.2. The molecular formula is C36H47NO6. The third-order valence-corrected chi connectivity index (χ3v) is 11.7. The lowest BCUT2D eigenvalue weighted by Crippen LogP contribution is -2.60. The molecule has 4 aliphatic heterocycles. The van der Waals surface area contributed by atoms with Crippen LogP contribution in [0, 0.1) is 29.6 Å². The van der Waals surface area contributed by atoms with Gasteiger partial charge in [0.2, 0.25) is 5.76 Å². The number of rotatable bonds is 6. The molecular weight excluding hydrogens is 542 g/mol. The van der Waals surface area contributed by atoms with Crippen molar-refractivity contribution in [3.63, 3.8) is 0 Å².